The van der Waals surface area contributed by atoms with E-state index in [9.17, 15) is 9.59 Å². The molecular formula is C17H29N3O2. The van der Waals surface area contributed by atoms with Gasteiger partial charge in [-0.25, -0.2) is 0 Å². The van der Waals surface area contributed by atoms with Crippen molar-refractivity contribution < 1.29 is 9.59 Å². The lowest BCUT2D eigenvalue weighted by molar-refractivity contribution is -0.146. The maximum atomic E-state index is 12.9. The number of amides is 2. The van der Waals surface area contributed by atoms with Crippen LogP contribution in [-0.4, -0.2) is 71.3 Å². The lowest BCUT2D eigenvalue weighted by Crippen LogP contribution is -2.53. The van der Waals surface area contributed by atoms with Crippen molar-refractivity contribution >= 4 is 11.8 Å². The monoisotopic (exact) mass is 307 g/mol. The van der Waals surface area contributed by atoms with Crippen molar-refractivity contribution in [2.45, 2.75) is 70.0 Å². The molecule has 0 saturated carbocycles. The molecule has 3 fully saturated rings. The lowest BCUT2D eigenvalue weighted by atomic mass is 10.1. The second-order valence-electron chi connectivity index (χ2n) is 7.06. The van der Waals surface area contributed by atoms with E-state index in [2.05, 4.69) is 16.7 Å². The summed E-state index contributed by atoms with van der Waals surface area (Å²) in [5.41, 5.74) is 0. The fraction of sp³-hybridized carbons (Fsp3) is 0.882. The molecular weight excluding hydrogens is 278 g/mol. The Morgan fingerprint density at radius 1 is 0.864 bits per heavy atom. The van der Waals surface area contributed by atoms with E-state index in [1.807, 2.05) is 11.9 Å². The number of rotatable bonds is 3. The number of hydrogen-bond acceptors (Lipinski definition) is 3. The zero-order valence-electron chi connectivity index (χ0n) is 14.0. The molecule has 124 valence electrons. The standard InChI is InChI=1S/C17H29N3O2/c1-3-13-7-4-11-19(13)17(22)15-9-6-12-20(15)16(21)14-8-5-10-18(14)2/h13-15H,3-12H2,1-2H3. The summed E-state index contributed by atoms with van der Waals surface area (Å²) in [6.45, 7) is 4.78. The Labute approximate surface area is 133 Å². The third-order valence-electron chi connectivity index (χ3n) is 5.76. The van der Waals surface area contributed by atoms with Crippen molar-refractivity contribution in [2.75, 3.05) is 26.7 Å². The Kier molecular flexibility index (Phi) is 4.71. The predicted octanol–water partition coefficient (Wildman–Crippen LogP) is 1.47. The lowest BCUT2D eigenvalue weighted by Gasteiger charge is -2.33. The topological polar surface area (TPSA) is 43.9 Å². The smallest absolute Gasteiger partial charge is 0.245 e. The minimum absolute atomic E-state index is 0.00560. The van der Waals surface area contributed by atoms with E-state index in [1.165, 1.54) is 0 Å². The third-order valence-corrected chi connectivity index (χ3v) is 5.76. The molecule has 2 amide bonds. The highest BCUT2D eigenvalue weighted by molar-refractivity contribution is 5.90. The van der Waals surface area contributed by atoms with E-state index in [-0.39, 0.29) is 23.9 Å². The Hall–Kier alpha value is -1.10. The summed E-state index contributed by atoms with van der Waals surface area (Å²) in [5.74, 6) is 0.388. The number of carbonyl (C=O) groups is 2. The molecule has 0 aromatic carbocycles. The Bertz CT molecular complexity index is 440. The number of likely N-dealkylation sites (tertiary alicyclic amines) is 3. The van der Waals surface area contributed by atoms with Crippen LogP contribution in [0.5, 0.6) is 0 Å². The number of likely N-dealkylation sites (N-methyl/N-ethyl adjacent to an activating group) is 1. The average Bonchev–Trinajstić information content (AvgIpc) is 3.25. The summed E-state index contributed by atoms with van der Waals surface area (Å²) >= 11 is 0. The SMILES string of the molecule is CCC1CCCN1C(=O)C1CCCN1C(=O)C1CCCN1C. The molecule has 0 bridgehead atoms. The van der Waals surface area contributed by atoms with Crippen LogP contribution >= 0.6 is 0 Å². The highest BCUT2D eigenvalue weighted by Crippen LogP contribution is 2.28. The summed E-state index contributed by atoms with van der Waals surface area (Å²) in [4.78, 5) is 31.9. The van der Waals surface area contributed by atoms with Crippen LogP contribution in [0.2, 0.25) is 0 Å². The molecule has 0 aliphatic carbocycles. The maximum absolute atomic E-state index is 12.9. The Morgan fingerprint density at radius 3 is 2.14 bits per heavy atom. The number of carbonyl (C=O) groups excluding carboxylic acids is 2. The quantitative estimate of drug-likeness (QED) is 0.793. The molecule has 0 radical (unpaired) electrons. The first-order chi connectivity index (χ1) is 10.6. The second-order valence-corrected chi connectivity index (χ2v) is 7.06. The fourth-order valence-electron chi connectivity index (χ4n) is 4.44. The van der Waals surface area contributed by atoms with Gasteiger partial charge in [-0.3, -0.25) is 14.5 Å². The molecule has 3 unspecified atom stereocenters. The molecule has 0 spiro atoms. The van der Waals surface area contributed by atoms with E-state index in [0.717, 1.165) is 64.6 Å². The van der Waals surface area contributed by atoms with Gasteiger partial charge >= 0.3 is 0 Å². The van der Waals surface area contributed by atoms with Crippen LogP contribution in [0, 0.1) is 0 Å². The van der Waals surface area contributed by atoms with Gasteiger partial charge in [0, 0.05) is 19.1 Å². The van der Waals surface area contributed by atoms with Gasteiger partial charge in [-0.15, -0.1) is 0 Å². The minimum Gasteiger partial charge on any atom is -0.338 e. The first kappa shape index (κ1) is 15.8. The van der Waals surface area contributed by atoms with E-state index in [4.69, 9.17) is 0 Å². The van der Waals surface area contributed by atoms with E-state index < -0.39 is 0 Å². The Morgan fingerprint density at radius 2 is 1.45 bits per heavy atom. The van der Waals surface area contributed by atoms with Gasteiger partial charge in [0.15, 0.2) is 0 Å². The van der Waals surface area contributed by atoms with Gasteiger partial charge < -0.3 is 9.80 Å². The molecule has 0 aromatic heterocycles. The fourth-order valence-corrected chi connectivity index (χ4v) is 4.44. The first-order valence-corrected chi connectivity index (χ1v) is 8.94. The highest BCUT2D eigenvalue weighted by atomic mass is 16.2. The van der Waals surface area contributed by atoms with Gasteiger partial charge in [-0.2, -0.15) is 0 Å². The van der Waals surface area contributed by atoms with E-state index >= 15 is 0 Å². The molecule has 0 aromatic rings. The molecule has 5 heteroatoms. The zero-order chi connectivity index (χ0) is 15.7. The Balaban J connectivity index is 1.70. The van der Waals surface area contributed by atoms with Gasteiger partial charge in [-0.05, 0) is 58.5 Å². The molecule has 22 heavy (non-hydrogen) atoms. The summed E-state index contributed by atoms with van der Waals surface area (Å²) < 4.78 is 0. The van der Waals surface area contributed by atoms with Gasteiger partial charge in [-0.1, -0.05) is 6.92 Å². The largest absolute Gasteiger partial charge is 0.338 e. The van der Waals surface area contributed by atoms with Crippen LogP contribution in [-0.2, 0) is 9.59 Å². The van der Waals surface area contributed by atoms with Crippen molar-refractivity contribution in [1.82, 2.24) is 14.7 Å². The van der Waals surface area contributed by atoms with Crippen molar-refractivity contribution in [1.29, 1.82) is 0 Å². The van der Waals surface area contributed by atoms with Crippen molar-refractivity contribution in [2.24, 2.45) is 0 Å². The minimum atomic E-state index is -0.200. The van der Waals surface area contributed by atoms with Gasteiger partial charge in [0.1, 0.15) is 6.04 Å². The van der Waals surface area contributed by atoms with Crippen LogP contribution < -0.4 is 0 Å². The number of hydrogen-bond donors (Lipinski definition) is 0. The van der Waals surface area contributed by atoms with Crippen LogP contribution in [0.4, 0.5) is 0 Å². The van der Waals surface area contributed by atoms with Crippen LogP contribution in [0.25, 0.3) is 0 Å². The molecule has 3 heterocycles. The summed E-state index contributed by atoms with van der Waals surface area (Å²) in [7, 11) is 2.02. The van der Waals surface area contributed by atoms with Crippen molar-refractivity contribution in [3.05, 3.63) is 0 Å². The molecule has 3 saturated heterocycles. The predicted molar refractivity (Wildman–Crippen MR) is 85.4 cm³/mol. The molecule has 3 aliphatic heterocycles. The van der Waals surface area contributed by atoms with Gasteiger partial charge in [0.2, 0.25) is 11.8 Å². The normalized spacial score (nSPS) is 32.9. The molecule has 3 rings (SSSR count). The zero-order valence-corrected chi connectivity index (χ0v) is 14.0. The second kappa shape index (κ2) is 6.57. The van der Waals surface area contributed by atoms with Crippen LogP contribution in [0.15, 0.2) is 0 Å². The molecule has 5 nitrogen and oxygen atoms in total. The van der Waals surface area contributed by atoms with E-state index in [1.54, 1.807) is 0 Å². The third kappa shape index (κ3) is 2.75. The summed E-state index contributed by atoms with van der Waals surface area (Å²) in [5, 5.41) is 0. The number of nitrogens with zero attached hydrogens (tertiary/aromatic N) is 3. The summed E-state index contributed by atoms with van der Waals surface area (Å²) in [6.07, 6.45) is 7.08. The molecule has 3 aliphatic rings. The summed E-state index contributed by atoms with van der Waals surface area (Å²) in [6, 6.07) is 0.182. The molecule has 0 N–H and O–H groups in total. The van der Waals surface area contributed by atoms with Crippen molar-refractivity contribution in [3.8, 4) is 0 Å². The highest BCUT2D eigenvalue weighted by Gasteiger charge is 2.42. The first-order valence-electron chi connectivity index (χ1n) is 8.94. The van der Waals surface area contributed by atoms with Crippen LogP contribution in [0.1, 0.15) is 51.9 Å². The van der Waals surface area contributed by atoms with Crippen LogP contribution in [0.3, 0.4) is 0 Å². The average molecular weight is 307 g/mol. The van der Waals surface area contributed by atoms with E-state index in [0.29, 0.717) is 6.04 Å². The van der Waals surface area contributed by atoms with Gasteiger partial charge in [0.25, 0.3) is 0 Å². The maximum Gasteiger partial charge on any atom is 0.245 e. The molecule has 3 atom stereocenters. The van der Waals surface area contributed by atoms with Crippen molar-refractivity contribution in [3.63, 3.8) is 0 Å². The van der Waals surface area contributed by atoms with Gasteiger partial charge in [0.05, 0.1) is 6.04 Å².